The molecule has 0 fully saturated rings. The van der Waals surface area contributed by atoms with Crippen LogP contribution in [0.3, 0.4) is 0 Å². The molecule has 4 N–H and O–H groups in total. The van der Waals surface area contributed by atoms with E-state index in [9.17, 15) is 0 Å². The fraction of sp³-hybridized carbons (Fsp3) is 0.333. The molecule has 0 heterocycles. The monoisotopic (exact) mass is 515 g/mol. The zero-order chi connectivity index (χ0) is 27.4. The Labute approximate surface area is 230 Å². The Kier molecular flexibility index (Phi) is 12.0. The minimum Gasteiger partial charge on any atom is -0.399 e. The minimum atomic E-state index is 0.0808. The van der Waals surface area contributed by atoms with Crippen LogP contribution in [0.15, 0.2) is 90.9 Å². The number of nitrogens with two attached hydrogens (primary N) is 1. The van der Waals surface area contributed by atoms with Crippen LogP contribution in [0.5, 0.6) is 0 Å². The third-order valence-electron chi connectivity index (χ3n) is 6.40. The van der Waals surface area contributed by atoms with Crippen LogP contribution in [0.1, 0.15) is 55.0 Å². The fourth-order valence-electron chi connectivity index (χ4n) is 4.22. The standard InChI is InChI=1S/C25H34N2.C8H11NS/c1-6-7-19(2)18-27-25(4,5)17-23-10-8-21(9-11-23)16-22-12-14-24(15-13-22)20(3)26;1-6-4-3-5-7(10)8(6)9-2/h6,8-15,19,27H,1,3,7,16-18,26H2,2,4-5H3;3-5,9-10H,1-2H3. The fourth-order valence-corrected chi connectivity index (χ4v) is 4.59. The molecule has 0 aliphatic rings. The number of benzene rings is 3. The molecule has 0 aliphatic carbocycles. The molecule has 0 radical (unpaired) electrons. The smallest absolute Gasteiger partial charge is 0.0502 e. The van der Waals surface area contributed by atoms with E-state index in [1.807, 2.05) is 37.4 Å². The van der Waals surface area contributed by atoms with Gasteiger partial charge in [0.2, 0.25) is 0 Å². The van der Waals surface area contributed by atoms with Crippen molar-refractivity contribution in [3.05, 3.63) is 114 Å². The number of hydrogen-bond acceptors (Lipinski definition) is 4. The number of hydrogen-bond donors (Lipinski definition) is 4. The third-order valence-corrected chi connectivity index (χ3v) is 6.77. The first-order valence-corrected chi connectivity index (χ1v) is 13.4. The van der Waals surface area contributed by atoms with Gasteiger partial charge in [0.25, 0.3) is 0 Å². The molecule has 0 bridgehead atoms. The van der Waals surface area contributed by atoms with Crippen LogP contribution in [0.2, 0.25) is 0 Å². The van der Waals surface area contributed by atoms with Crippen LogP contribution < -0.4 is 16.4 Å². The largest absolute Gasteiger partial charge is 0.399 e. The normalized spacial score (nSPS) is 11.7. The van der Waals surface area contributed by atoms with Gasteiger partial charge in [0.1, 0.15) is 0 Å². The highest BCUT2D eigenvalue weighted by atomic mass is 32.1. The summed E-state index contributed by atoms with van der Waals surface area (Å²) in [5.41, 5.74) is 13.7. The van der Waals surface area contributed by atoms with Gasteiger partial charge < -0.3 is 16.4 Å². The number of aryl methyl sites for hydroxylation is 1. The Morgan fingerprint density at radius 3 is 2.05 bits per heavy atom. The van der Waals surface area contributed by atoms with Gasteiger partial charge in [-0.3, -0.25) is 0 Å². The van der Waals surface area contributed by atoms with Gasteiger partial charge in [0.05, 0.1) is 5.69 Å². The molecule has 3 aromatic rings. The maximum absolute atomic E-state index is 5.73. The average Bonchev–Trinajstić information content (AvgIpc) is 2.85. The lowest BCUT2D eigenvalue weighted by Gasteiger charge is -2.28. The topological polar surface area (TPSA) is 50.1 Å². The highest BCUT2D eigenvalue weighted by Gasteiger charge is 2.18. The first-order chi connectivity index (χ1) is 17.5. The maximum atomic E-state index is 5.73. The summed E-state index contributed by atoms with van der Waals surface area (Å²) in [5.74, 6) is 0.618. The molecule has 0 spiro atoms. The summed E-state index contributed by atoms with van der Waals surface area (Å²) in [4.78, 5) is 1.00. The second kappa shape index (κ2) is 14.7. The van der Waals surface area contributed by atoms with E-state index in [1.165, 1.54) is 22.3 Å². The molecule has 0 amide bonds. The van der Waals surface area contributed by atoms with Crippen molar-refractivity contribution >= 4 is 24.0 Å². The second-order valence-corrected chi connectivity index (χ2v) is 11.0. The summed E-state index contributed by atoms with van der Waals surface area (Å²) in [5, 5.41) is 6.78. The van der Waals surface area contributed by atoms with Crippen molar-refractivity contribution in [1.29, 1.82) is 0 Å². The molecule has 4 heteroatoms. The van der Waals surface area contributed by atoms with E-state index in [0.717, 1.165) is 42.0 Å². The summed E-state index contributed by atoms with van der Waals surface area (Å²) in [7, 11) is 1.90. The second-order valence-electron chi connectivity index (χ2n) is 10.5. The van der Waals surface area contributed by atoms with Crippen LogP contribution in [-0.2, 0) is 12.8 Å². The number of para-hydroxylation sites is 1. The molecule has 3 aromatic carbocycles. The Bertz CT molecular complexity index is 1110. The number of thiol groups is 1. The highest BCUT2D eigenvalue weighted by molar-refractivity contribution is 7.80. The maximum Gasteiger partial charge on any atom is 0.0502 e. The van der Waals surface area contributed by atoms with E-state index in [4.69, 9.17) is 5.73 Å². The van der Waals surface area contributed by atoms with Gasteiger partial charge in [-0.2, -0.15) is 0 Å². The molecule has 0 saturated carbocycles. The van der Waals surface area contributed by atoms with Crippen molar-refractivity contribution in [1.82, 2.24) is 5.32 Å². The van der Waals surface area contributed by atoms with Crippen molar-refractivity contribution in [2.75, 3.05) is 18.9 Å². The van der Waals surface area contributed by atoms with Gasteiger partial charge in [-0.15, -0.1) is 19.2 Å². The van der Waals surface area contributed by atoms with Crippen LogP contribution in [-0.4, -0.2) is 19.1 Å². The Morgan fingerprint density at radius 2 is 1.57 bits per heavy atom. The molecule has 37 heavy (non-hydrogen) atoms. The van der Waals surface area contributed by atoms with E-state index in [0.29, 0.717) is 11.6 Å². The molecular formula is C33H45N3S. The van der Waals surface area contributed by atoms with Crippen LogP contribution in [0, 0.1) is 12.8 Å². The number of anilines is 1. The van der Waals surface area contributed by atoms with Crippen molar-refractivity contribution < 1.29 is 0 Å². The number of allylic oxidation sites excluding steroid dienone is 1. The highest BCUT2D eigenvalue weighted by Crippen LogP contribution is 2.22. The first kappa shape index (κ1) is 30.3. The lowest BCUT2D eigenvalue weighted by atomic mass is 9.92. The van der Waals surface area contributed by atoms with Gasteiger partial charge >= 0.3 is 0 Å². The number of rotatable bonds is 11. The minimum absolute atomic E-state index is 0.0808. The van der Waals surface area contributed by atoms with Gasteiger partial charge in [0.15, 0.2) is 0 Å². The van der Waals surface area contributed by atoms with E-state index in [1.54, 1.807) is 0 Å². The molecule has 1 unspecified atom stereocenters. The summed E-state index contributed by atoms with van der Waals surface area (Å²) in [6.45, 7) is 17.5. The van der Waals surface area contributed by atoms with E-state index >= 15 is 0 Å². The van der Waals surface area contributed by atoms with Crippen molar-refractivity contribution in [2.45, 2.75) is 57.4 Å². The Balaban J connectivity index is 0.000000402. The van der Waals surface area contributed by atoms with Crippen molar-refractivity contribution in [3.8, 4) is 0 Å². The Morgan fingerprint density at radius 1 is 1.00 bits per heavy atom. The Hall–Kier alpha value is -2.95. The van der Waals surface area contributed by atoms with Crippen molar-refractivity contribution in [3.63, 3.8) is 0 Å². The van der Waals surface area contributed by atoms with Crippen LogP contribution >= 0.6 is 12.6 Å². The quantitative estimate of drug-likeness (QED) is 0.157. The molecule has 0 aliphatic heterocycles. The van der Waals surface area contributed by atoms with Crippen molar-refractivity contribution in [2.24, 2.45) is 11.7 Å². The van der Waals surface area contributed by atoms with E-state index < -0.39 is 0 Å². The van der Waals surface area contributed by atoms with Gasteiger partial charge in [-0.05, 0) is 86.4 Å². The predicted octanol–water partition coefficient (Wildman–Crippen LogP) is 7.66. The third kappa shape index (κ3) is 10.5. The average molecular weight is 516 g/mol. The van der Waals surface area contributed by atoms with Gasteiger partial charge in [0, 0.05) is 23.2 Å². The van der Waals surface area contributed by atoms with Crippen LogP contribution in [0.4, 0.5) is 5.69 Å². The first-order valence-electron chi connectivity index (χ1n) is 13.0. The SMILES string of the molecule is C=CCC(C)CNC(C)(C)Cc1ccc(Cc2ccc(C(=C)N)cc2)cc1.CNc1c(C)cccc1S. The van der Waals surface area contributed by atoms with Gasteiger partial charge in [-0.25, -0.2) is 0 Å². The lowest BCUT2D eigenvalue weighted by Crippen LogP contribution is -2.43. The summed E-state index contributed by atoms with van der Waals surface area (Å²) < 4.78 is 0. The summed E-state index contributed by atoms with van der Waals surface area (Å²) in [6.07, 6.45) is 5.00. The van der Waals surface area contributed by atoms with Crippen LogP contribution in [0.25, 0.3) is 5.70 Å². The molecule has 198 valence electrons. The molecule has 3 rings (SSSR count). The zero-order valence-electron chi connectivity index (χ0n) is 23.3. The summed E-state index contributed by atoms with van der Waals surface area (Å²) >= 11 is 4.29. The molecule has 3 nitrogen and oxygen atoms in total. The molecule has 0 aromatic heterocycles. The lowest BCUT2D eigenvalue weighted by molar-refractivity contribution is 0.354. The predicted molar refractivity (Wildman–Crippen MR) is 167 cm³/mol. The number of nitrogens with one attached hydrogen (secondary N) is 2. The summed E-state index contributed by atoms with van der Waals surface area (Å²) in [6, 6.07) is 23.3. The zero-order valence-corrected chi connectivity index (χ0v) is 24.2. The molecular weight excluding hydrogens is 470 g/mol. The van der Waals surface area contributed by atoms with E-state index in [-0.39, 0.29) is 5.54 Å². The van der Waals surface area contributed by atoms with Gasteiger partial charge in [-0.1, -0.05) is 80.2 Å². The molecule has 0 saturated heterocycles. The molecule has 1 atom stereocenters. The van der Waals surface area contributed by atoms with E-state index in [2.05, 4.69) is 107 Å².